The molecule has 0 saturated carbocycles. The van der Waals surface area contributed by atoms with Gasteiger partial charge in [-0.15, -0.1) is 0 Å². The van der Waals surface area contributed by atoms with Gasteiger partial charge in [0.15, 0.2) is 0 Å². The first-order chi connectivity index (χ1) is 5.48. The summed E-state index contributed by atoms with van der Waals surface area (Å²) < 4.78 is 0. The molecule has 0 aromatic heterocycles. The van der Waals surface area contributed by atoms with Gasteiger partial charge in [-0.05, 0) is 18.4 Å². The lowest BCUT2D eigenvalue weighted by Crippen LogP contribution is -2.29. The first kappa shape index (κ1) is 12.2. The van der Waals surface area contributed by atoms with E-state index in [2.05, 4.69) is 39.2 Å². The Morgan fingerprint density at radius 2 is 1.83 bits per heavy atom. The van der Waals surface area contributed by atoms with Crippen LogP contribution >= 0.6 is 0 Å². The highest BCUT2D eigenvalue weighted by Crippen LogP contribution is 2.22. The van der Waals surface area contributed by atoms with Crippen molar-refractivity contribution < 1.29 is 0 Å². The number of hydrogen-bond donors (Lipinski definition) is 1. The van der Waals surface area contributed by atoms with Crippen LogP contribution in [0.1, 0.15) is 27.2 Å². The van der Waals surface area contributed by atoms with Gasteiger partial charge in [-0.25, -0.2) is 0 Å². The summed E-state index contributed by atoms with van der Waals surface area (Å²) in [6.45, 7) is 14.0. The SMILES string of the molecule is CCNCC(C)(C)CC[Si](C)C. The van der Waals surface area contributed by atoms with Crippen molar-refractivity contribution >= 4 is 8.80 Å². The van der Waals surface area contributed by atoms with E-state index in [0.717, 1.165) is 6.54 Å². The minimum atomic E-state index is -0.0198. The molecule has 0 amide bonds. The molecule has 1 nitrogen and oxygen atoms in total. The lowest BCUT2D eigenvalue weighted by molar-refractivity contribution is 0.331. The predicted molar refractivity (Wildman–Crippen MR) is 59.2 cm³/mol. The molecular weight excluding hydrogens is 162 g/mol. The second-order valence-electron chi connectivity index (χ2n) is 4.65. The second kappa shape index (κ2) is 5.76. The Balaban J connectivity index is 3.56. The fourth-order valence-electron chi connectivity index (χ4n) is 1.14. The summed E-state index contributed by atoms with van der Waals surface area (Å²) >= 11 is 0. The van der Waals surface area contributed by atoms with Gasteiger partial charge in [-0.1, -0.05) is 39.9 Å². The van der Waals surface area contributed by atoms with Gasteiger partial charge in [0, 0.05) is 15.3 Å². The van der Waals surface area contributed by atoms with Crippen LogP contribution in [0.2, 0.25) is 19.1 Å². The molecule has 0 rings (SSSR count). The highest BCUT2D eigenvalue weighted by atomic mass is 28.3. The molecular formula is C10H24NSi. The molecule has 0 aromatic rings. The van der Waals surface area contributed by atoms with Crippen LogP contribution in [0, 0.1) is 5.41 Å². The highest BCUT2D eigenvalue weighted by molar-refractivity contribution is 6.55. The van der Waals surface area contributed by atoms with E-state index in [1.165, 1.54) is 19.0 Å². The quantitative estimate of drug-likeness (QED) is 0.629. The number of rotatable bonds is 6. The van der Waals surface area contributed by atoms with Gasteiger partial charge in [0.1, 0.15) is 0 Å². The molecule has 0 atom stereocenters. The van der Waals surface area contributed by atoms with Gasteiger partial charge in [-0.3, -0.25) is 0 Å². The molecule has 0 aliphatic heterocycles. The average molecular weight is 186 g/mol. The molecule has 2 heteroatoms. The zero-order chi connectivity index (χ0) is 9.61. The smallest absolute Gasteiger partial charge is 0.0413 e. The van der Waals surface area contributed by atoms with Crippen LogP contribution in [-0.4, -0.2) is 21.9 Å². The van der Waals surface area contributed by atoms with Crippen molar-refractivity contribution in [1.82, 2.24) is 5.32 Å². The molecule has 0 fully saturated rings. The van der Waals surface area contributed by atoms with Crippen LogP contribution in [0.4, 0.5) is 0 Å². The summed E-state index contributed by atoms with van der Waals surface area (Å²) in [6, 6.07) is 1.45. The third kappa shape index (κ3) is 6.86. The molecule has 0 aliphatic rings. The maximum absolute atomic E-state index is 3.42. The Hall–Kier alpha value is 0.177. The van der Waals surface area contributed by atoms with Gasteiger partial charge in [0.05, 0.1) is 0 Å². The zero-order valence-electron chi connectivity index (χ0n) is 9.33. The van der Waals surface area contributed by atoms with Crippen molar-refractivity contribution in [3.63, 3.8) is 0 Å². The topological polar surface area (TPSA) is 12.0 Å². The maximum atomic E-state index is 3.42. The van der Waals surface area contributed by atoms with Crippen molar-refractivity contribution in [2.45, 2.75) is 46.3 Å². The molecule has 0 aliphatic carbocycles. The van der Waals surface area contributed by atoms with Crippen molar-refractivity contribution in [3.05, 3.63) is 0 Å². The van der Waals surface area contributed by atoms with Gasteiger partial charge in [0.25, 0.3) is 0 Å². The molecule has 0 spiro atoms. The standard InChI is InChI=1S/C10H24NSi/c1-6-11-9-10(2,3)7-8-12(4)5/h11H,6-9H2,1-5H3. The summed E-state index contributed by atoms with van der Waals surface area (Å²) in [5, 5.41) is 3.42. The van der Waals surface area contributed by atoms with Gasteiger partial charge < -0.3 is 5.32 Å². The normalized spacial score (nSPS) is 12.5. The summed E-state index contributed by atoms with van der Waals surface area (Å²) in [4.78, 5) is 0. The van der Waals surface area contributed by atoms with E-state index >= 15 is 0 Å². The third-order valence-electron chi connectivity index (χ3n) is 2.16. The van der Waals surface area contributed by atoms with Crippen LogP contribution < -0.4 is 5.32 Å². The molecule has 1 N–H and O–H groups in total. The predicted octanol–water partition coefficient (Wildman–Crippen LogP) is 2.77. The Bertz CT molecular complexity index is 110. The molecule has 1 radical (unpaired) electrons. The Morgan fingerprint density at radius 1 is 1.25 bits per heavy atom. The summed E-state index contributed by atoms with van der Waals surface area (Å²) in [5.74, 6) is 0. The second-order valence-corrected chi connectivity index (χ2v) is 7.57. The van der Waals surface area contributed by atoms with Crippen LogP contribution in [-0.2, 0) is 0 Å². The fourth-order valence-corrected chi connectivity index (χ4v) is 2.32. The van der Waals surface area contributed by atoms with Crippen LogP contribution in [0.3, 0.4) is 0 Å². The van der Waals surface area contributed by atoms with Gasteiger partial charge in [-0.2, -0.15) is 0 Å². The lowest BCUT2D eigenvalue weighted by Gasteiger charge is -2.25. The Morgan fingerprint density at radius 3 is 2.25 bits per heavy atom. The number of hydrogen-bond acceptors (Lipinski definition) is 1. The van der Waals surface area contributed by atoms with Crippen LogP contribution in [0.5, 0.6) is 0 Å². The molecule has 0 bridgehead atoms. The van der Waals surface area contributed by atoms with Gasteiger partial charge in [0.2, 0.25) is 0 Å². The van der Waals surface area contributed by atoms with Crippen LogP contribution in [0.15, 0.2) is 0 Å². The van der Waals surface area contributed by atoms with E-state index in [4.69, 9.17) is 0 Å². The first-order valence-corrected chi connectivity index (χ1v) is 7.68. The minimum absolute atomic E-state index is 0.0198. The largest absolute Gasteiger partial charge is 0.316 e. The van der Waals surface area contributed by atoms with E-state index in [0.29, 0.717) is 5.41 Å². The van der Waals surface area contributed by atoms with E-state index in [-0.39, 0.29) is 8.80 Å². The number of nitrogens with one attached hydrogen (secondary N) is 1. The molecule has 0 aromatic carbocycles. The van der Waals surface area contributed by atoms with E-state index in [9.17, 15) is 0 Å². The Kier molecular flexibility index (Phi) is 5.84. The first-order valence-electron chi connectivity index (χ1n) is 4.97. The van der Waals surface area contributed by atoms with Crippen molar-refractivity contribution in [3.8, 4) is 0 Å². The van der Waals surface area contributed by atoms with E-state index < -0.39 is 0 Å². The molecule has 0 unspecified atom stereocenters. The maximum Gasteiger partial charge on any atom is 0.0413 e. The zero-order valence-corrected chi connectivity index (χ0v) is 10.3. The minimum Gasteiger partial charge on any atom is -0.316 e. The van der Waals surface area contributed by atoms with Crippen molar-refractivity contribution in [1.29, 1.82) is 0 Å². The fraction of sp³-hybridized carbons (Fsp3) is 1.00. The Labute approximate surface area is 79.6 Å². The van der Waals surface area contributed by atoms with Gasteiger partial charge >= 0.3 is 0 Å². The third-order valence-corrected chi connectivity index (χ3v) is 3.41. The lowest BCUT2D eigenvalue weighted by atomic mass is 9.90. The summed E-state index contributed by atoms with van der Waals surface area (Å²) in [7, 11) is -0.0198. The molecule has 73 valence electrons. The molecule has 0 saturated heterocycles. The monoisotopic (exact) mass is 186 g/mol. The molecule has 12 heavy (non-hydrogen) atoms. The average Bonchev–Trinajstić information content (AvgIpc) is 1.98. The van der Waals surface area contributed by atoms with Crippen molar-refractivity contribution in [2.24, 2.45) is 5.41 Å². The summed E-state index contributed by atoms with van der Waals surface area (Å²) in [5.41, 5.74) is 0.498. The van der Waals surface area contributed by atoms with Crippen LogP contribution in [0.25, 0.3) is 0 Å². The molecule has 0 heterocycles. The van der Waals surface area contributed by atoms with E-state index in [1.807, 2.05) is 0 Å². The highest BCUT2D eigenvalue weighted by Gasteiger charge is 2.17. The van der Waals surface area contributed by atoms with E-state index in [1.54, 1.807) is 0 Å². The summed E-state index contributed by atoms with van der Waals surface area (Å²) in [6.07, 6.45) is 1.38. The van der Waals surface area contributed by atoms with Crippen molar-refractivity contribution in [2.75, 3.05) is 13.1 Å².